The third-order valence-electron chi connectivity index (χ3n) is 6.19. The summed E-state index contributed by atoms with van der Waals surface area (Å²) in [7, 11) is -0.125. The molecule has 0 bridgehead atoms. The summed E-state index contributed by atoms with van der Waals surface area (Å²) in [6.07, 6.45) is 5.02. The Balaban J connectivity index is 1.55. The Morgan fingerprint density at radius 3 is 2.82 bits per heavy atom. The highest BCUT2D eigenvalue weighted by atomic mass is 35.5. The van der Waals surface area contributed by atoms with Gasteiger partial charge in [-0.2, -0.15) is 8.42 Å². The lowest BCUT2D eigenvalue weighted by Gasteiger charge is -2.26. The van der Waals surface area contributed by atoms with Crippen LogP contribution < -0.4 is 10.5 Å². The van der Waals surface area contributed by atoms with E-state index in [1.807, 2.05) is 44.4 Å². The number of nitrogens with one attached hydrogen (secondary N) is 1. The van der Waals surface area contributed by atoms with Crippen LogP contribution in [0.1, 0.15) is 44.1 Å². The first kappa shape index (κ1) is 29.3. The third-order valence-corrected chi connectivity index (χ3v) is 8.05. The molecule has 0 aliphatic heterocycles. The molecule has 1 aliphatic rings. The highest BCUT2D eigenvalue weighted by molar-refractivity contribution is 7.84. The minimum atomic E-state index is -4.09. The van der Waals surface area contributed by atoms with E-state index in [0.29, 0.717) is 52.8 Å². The van der Waals surface area contributed by atoms with E-state index in [0.717, 1.165) is 16.0 Å². The second-order valence-electron chi connectivity index (χ2n) is 9.60. The summed E-state index contributed by atoms with van der Waals surface area (Å²) in [5.74, 6) is -0.317. The van der Waals surface area contributed by atoms with Gasteiger partial charge in [0, 0.05) is 34.3 Å². The maximum Gasteiger partial charge on any atom is 0.333 e. The number of thiophene rings is 1. The fraction of sp³-hybridized carbons (Fsp3) is 0.346. The van der Waals surface area contributed by atoms with Gasteiger partial charge in [0.25, 0.3) is 0 Å². The number of allylic oxidation sites excluding steroid dienone is 1. The predicted molar refractivity (Wildman–Crippen MR) is 151 cm³/mol. The number of halogens is 1. The van der Waals surface area contributed by atoms with Gasteiger partial charge in [-0.25, -0.2) is 15.1 Å². The largest absolute Gasteiger partial charge is 0.389 e. The van der Waals surface area contributed by atoms with Crippen LogP contribution in [0.3, 0.4) is 0 Å². The molecular weight excluding hydrogens is 562 g/mol. The van der Waals surface area contributed by atoms with Gasteiger partial charge in [-0.3, -0.25) is 8.98 Å². The van der Waals surface area contributed by atoms with Crippen molar-refractivity contribution in [2.45, 2.75) is 31.9 Å². The lowest BCUT2D eigenvalue weighted by atomic mass is 9.90. The summed E-state index contributed by atoms with van der Waals surface area (Å²) in [4.78, 5) is 25.7. The van der Waals surface area contributed by atoms with Crippen molar-refractivity contribution < 1.29 is 22.5 Å². The summed E-state index contributed by atoms with van der Waals surface area (Å²) < 4.78 is 26.8. The Hall–Kier alpha value is -2.71. The predicted octanol–water partition coefficient (Wildman–Crippen LogP) is 3.36. The Kier molecular flexibility index (Phi) is 9.49. The molecule has 0 spiro atoms. The van der Waals surface area contributed by atoms with Crippen LogP contribution in [0.15, 0.2) is 54.6 Å². The topological polar surface area (TPSA) is 148 Å². The minimum absolute atomic E-state index is 0.211. The van der Waals surface area contributed by atoms with Gasteiger partial charge in [-0.05, 0) is 68.8 Å². The van der Waals surface area contributed by atoms with Crippen LogP contribution in [0.2, 0.25) is 5.02 Å². The Labute approximate surface area is 236 Å². The van der Waals surface area contributed by atoms with Crippen molar-refractivity contribution in [3.05, 3.63) is 86.1 Å². The quantitative estimate of drug-likeness (QED) is 0.285. The van der Waals surface area contributed by atoms with Gasteiger partial charge in [0.2, 0.25) is 5.78 Å². The fourth-order valence-corrected chi connectivity index (χ4v) is 6.13. The number of carbonyl (C=O) groups is 1. The Morgan fingerprint density at radius 1 is 1.33 bits per heavy atom. The van der Waals surface area contributed by atoms with E-state index in [1.165, 1.54) is 23.9 Å². The molecule has 1 aromatic carbocycles. The number of aliphatic hydroxyl groups excluding tert-OH is 1. The molecule has 10 nitrogen and oxygen atoms in total. The number of anilines is 1. The molecule has 13 heteroatoms. The van der Waals surface area contributed by atoms with Gasteiger partial charge >= 0.3 is 10.3 Å². The molecule has 2 heterocycles. The zero-order valence-electron chi connectivity index (χ0n) is 21.5. The molecule has 0 radical (unpaired) electrons. The van der Waals surface area contributed by atoms with Gasteiger partial charge in [0.05, 0.1) is 23.2 Å². The summed E-state index contributed by atoms with van der Waals surface area (Å²) in [5.41, 5.74) is 3.07. The highest BCUT2D eigenvalue weighted by Crippen LogP contribution is 2.31. The van der Waals surface area contributed by atoms with Gasteiger partial charge in [-0.1, -0.05) is 23.7 Å². The van der Waals surface area contributed by atoms with Gasteiger partial charge in [-0.15, -0.1) is 11.3 Å². The van der Waals surface area contributed by atoms with E-state index in [2.05, 4.69) is 24.4 Å². The zero-order valence-corrected chi connectivity index (χ0v) is 23.9. The van der Waals surface area contributed by atoms with E-state index in [9.17, 15) is 18.3 Å². The number of nitrogens with zero attached hydrogens (tertiary/aromatic N) is 3. The van der Waals surface area contributed by atoms with E-state index >= 15 is 0 Å². The Bertz CT molecular complexity index is 1470. The molecule has 2 atom stereocenters. The number of carbonyl (C=O) groups excluding carboxylic acids is 1. The monoisotopic (exact) mass is 591 g/mol. The van der Waals surface area contributed by atoms with E-state index in [4.69, 9.17) is 16.7 Å². The molecule has 2 aromatic heterocycles. The standard InChI is InChI=1S/C26H30ClN5O5S2/c1-32(2)13-24-18(8-16-4-3-5-19(27)9-16)10-23(38-24)25(34)21-12-29-15-30-26(21)31-20-7-6-17(22(33)11-20)14-37-39(28,35)36/h3-5,9-12,15,17,22,33H,6-8,13-14H2,1-2H3,(H2,28,35,36)(H,29,30,31)/t17-,22+/m1/s1. The SMILES string of the molecule is CN(C)Cc1sc(C(=O)c2cncnc2NC2=C[C@H](O)[C@@H](COS(N)(=O)=O)CC2)cc1Cc1cccc(Cl)c1. The van der Waals surface area contributed by atoms with E-state index in [-0.39, 0.29) is 12.4 Å². The first-order valence-corrected chi connectivity index (χ1v) is 14.8. The van der Waals surface area contributed by atoms with Crippen molar-refractivity contribution in [1.82, 2.24) is 14.9 Å². The van der Waals surface area contributed by atoms with Gasteiger partial charge in [0.15, 0.2) is 0 Å². The van der Waals surface area contributed by atoms with E-state index in [1.54, 1.807) is 6.08 Å². The van der Waals surface area contributed by atoms with Crippen molar-refractivity contribution in [2.24, 2.45) is 11.1 Å². The van der Waals surface area contributed by atoms with Gasteiger partial charge in [0.1, 0.15) is 12.1 Å². The molecule has 4 rings (SSSR count). The summed E-state index contributed by atoms with van der Waals surface area (Å²) in [6, 6.07) is 9.59. The molecule has 39 heavy (non-hydrogen) atoms. The molecule has 208 valence electrons. The smallest absolute Gasteiger partial charge is 0.333 e. The summed E-state index contributed by atoms with van der Waals surface area (Å²) in [6.45, 7) is 0.470. The molecule has 0 unspecified atom stereocenters. The lowest BCUT2D eigenvalue weighted by Crippen LogP contribution is -2.30. The molecule has 0 saturated heterocycles. The maximum atomic E-state index is 13.7. The van der Waals surface area contributed by atoms with Crippen LogP contribution in [0.5, 0.6) is 0 Å². The molecule has 1 aliphatic carbocycles. The van der Waals surface area contributed by atoms with E-state index < -0.39 is 22.3 Å². The molecule has 0 saturated carbocycles. The third kappa shape index (κ3) is 8.15. The Morgan fingerprint density at radius 2 is 2.13 bits per heavy atom. The number of hydrogen-bond acceptors (Lipinski definition) is 10. The van der Waals surface area contributed by atoms with Crippen LogP contribution in [-0.2, 0) is 27.5 Å². The number of ketones is 1. The number of aliphatic hydroxyl groups is 1. The van der Waals surface area contributed by atoms with Crippen LogP contribution in [0.4, 0.5) is 5.82 Å². The molecule has 4 N–H and O–H groups in total. The average Bonchev–Trinajstić information content (AvgIpc) is 3.24. The van der Waals surface area contributed by atoms with Crippen molar-refractivity contribution in [3.63, 3.8) is 0 Å². The second-order valence-corrected chi connectivity index (χ2v) is 12.4. The number of hydrogen-bond donors (Lipinski definition) is 3. The molecule has 0 amide bonds. The van der Waals surface area contributed by atoms with Crippen LogP contribution in [0, 0.1) is 5.92 Å². The number of benzene rings is 1. The normalized spacial score (nSPS) is 17.7. The molecular formula is C26H30ClN5O5S2. The lowest BCUT2D eigenvalue weighted by molar-refractivity contribution is 0.0999. The first-order valence-electron chi connectivity index (χ1n) is 12.2. The molecule has 0 fully saturated rings. The first-order chi connectivity index (χ1) is 18.5. The zero-order chi connectivity index (χ0) is 28.2. The van der Waals surface area contributed by atoms with Crippen LogP contribution in [0.25, 0.3) is 0 Å². The van der Waals surface area contributed by atoms with Crippen LogP contribution >= 0.6 is 22.9 Å². The molecule has 3 aromatic rings. The number of rotatable bonds is 11. The van der Waals surface area contributed by atoms with Crippen molar-refractivity contribution >= 4 is 44.8 Å². The summed E-state index contributed by atoms with van der Waals surface area (Å²) in [5, 5.41) is 19.2. The minimum Gasteiger partial charge on any atom is -0.389 e. The summed E-state index contributed by atoms with van der Waals surface area (Å²) >= 11 is 7.62. The maximum absolute atomic E-state index is 13.7. The van der Waals surface area contributed by atoms with Gasteiger partial charge < -0.3 is 15.3 Å². The number of nitrogens with two attached hydrogens (primary N) is 1. The van der Waals surface area contributed by atoms with Crippen LogP contribution in [-0.4, -0.2) is 61.0 Å². The number of aromatic nitrogens is 2. The second kappa shape index (κ2) is 12.6. The van der Waals surface area contributed by atoms with Crippen molar-refractivity contribution in [2.75, 3.05) is 26.0 Å². The van der Waals surface area contributed by atoms with Crippen molar-refractivity contribution in [3.8, 4) is 0 Å². The average molecular weight is 592 g/mol. The fourth-order valence-electron chi connectivity index (χ4n) is 4.30. The van der Waals surface area contributed by atoms with Crippen molar-refractivity contribution in [1.29, 1.82) is 0 Å². The highest BCUT2D eigenvalue weighted by Gasteiger charge is 2.26.